The summed E-state index contributed by atoms with van der Waals surface area (Å²) >= 11 is 1.46. The number of hydrogen-bond donors (Lipinski definition) is 1. The largest absolute Gasteiger partial charge is 0.462 e. The molecule has 146 valence electrons. The molecule has 0 atom stereocenters. The van der Waals surface area contributed by atoms with Crippen LogP contribution in [-0.2, 0) is 24.3 Å². The Kier molecular flexibility index (Phi) is 5.67. The van der Waals surface area contributed by atoms with Crippen molar-refractivity contribution in [3.8, 4) is 10.8 Å². The first-order chi connectivity index (χ1) is 14.2. The molecule has 0 saturated carbocycles. The molecule has 0 spiro atoms. The number of aromatic nitrogens is 2. The number of nitrogens with one attached hydrogen (secondary N) is 1. The summed E-state index contributed by atoms with van der Waals surface area (Å²) in [5, 5.41) is 5.56. The third-order valence-electron chi connectivity index (χ3n) is 4.39. The lowest BCUT2D eigenvalue weighted by Gasteiger charge is -2.08. The van der Waals surface area contributed by atoms with Crippen LogP contribution in [0.15, 0.2) is 81.6 Å². The fraction of sp³-hybridized carbons (Fsp3) is 0.136. The van der Waals surface area contributed by atoms with E-state index in [4.69, 9.17) is 4.42 Å². The number of benzene rings is 1. The van der Waals surface area contributed by atoms with E-state index in [9.17, 15) is 9.59 Å². The maximum Gasteiger partial charge on any atom is 0.250 e. The lowest BCUT2D eigenvalue weighted by atomic mass is 10.1. The SMILES string of the molecule is O=C(Cc1csc(-c2ccco2)n1)NCc1ccc(Cn2ccccc2=O)cc1. The van der Waals surface area contributed by atoms with Crippen molar-refractivity contribution in [3.05, 3.63) is 99.6 Å². The summed E-state index contributed by atoms with van der Waals surface area (Å²) in [6.07, 6.45) is 3.60. The van der Waals surface area contributed by atoms with Gasteiger partial charge in [-0.2, -0.15) is 0 Å². The van der Waals surface area contributed by atoms with Crippen LogP contribution in [-0.4, -0.2) is 15.5 Å². The van der Waals surface area contributed by atoms with E-state index in [1.807, 2.05) is 47.8 Å². The molecule has 1 N–H and O–H groups in total. The first-order valence-corrected chi connectivity index (χ1v) is 10.0. The minimum Gasteiger partial charge on any atom is -0.462 e. The van der Waals surface area contributed by atoms with Crippen molar-refractivity contribution < 1.29 is 9.21 Å². The van der Waals surface area contributed by atoms with Crippen molar-refractivity contribution in [2.45, 2.75) is 19.5 Å². The molecule has 0 fully saturated rings. The van der Waals surface area contributed by atoms with Gasteiger partial charge in [0.15, 0.2) is 10.8 Å². The van der Waals surface area contributed by atoms with Gasteiger partial charge in [0.05, 0.1) is 24.9 Å². The third-order valence-corrected chi connectivity index (χ3v) is 5.30. The van der Waals surface area contributed by atoms with Crippen molar-refractivity contribution in [2.75, 3.05) is 0 Å². The number of furan rings is 1. The van der Waals surface area contributed by atoms with Gasteiger partial charge in [-0.3, -0.25) is 9.59 Å². The van der Waals surface area contributed by atoms with Gasteiger partial charge in [-0.25, -0.2) is 4.98 Å². The zero-order chi connectivity index (χ0) is 20.1. The van der Waals surface area contributed by atoms with Crippen molar-refractivity contribution in [3.63, 3.8) is 0 Å². The van der Waals surface area contributed by atoms with Gasteiger partial charge in [-0.05, 0) is 29.3 Å². The summed E-state index contributed by atoms with van der Waals surface area (Å²) < 4.78 is 6.98. The van der Waals surface area contributed by atoms with E-state index in [0.29, 0.717) is 18.8 Å². The molecule has 3 heterocycles. The molecule has 0 saturated heterocycles. The van der Waals surface area contributed by atoms with Gasteiger partial charge in [-0.15, -0.1) is 11.3 Å². The van der Waals surface area contributed by atoms with Gasteiger partial charge in [-0.1, -0.05) is 30.3 Å². The van der Waals surface area contributed by atoms with Crippen LogP contribution < -0.4 is 10.9 Å². The monoisotopic (exact) mass is 405 g/mol. The Morgan fingerprint density at radius 3 is 2.66 bits per heavy atom. The summed E-state index contributed by atoms with van der Waals surface area (Å²) in [6.45, 7) is 0.966. The van der Waals surface area contributed by atoms with Crippen LogP contribution in [0, 0.1) is 0 Å². The Hall–Kier alpha value is -3.45. The Morgan fingerprint density at radius 1 is 1.07 bits per heavy atom. The van der Waals surface area contributed by atoms with E-state index in [1.54, 1.807) is 29.2 Å². The molecule has 1 amide bonds. The Bertz CT molecular complexity index is 1140. The van der Waals surface area contributed by atoms with Crippen LogP contribution in [0.1, 0.15) is 16.8 Å². The van der Waals surface area contributed by atoms with E-state index >= 15 is 0 Å². The van der Waals surface area contributed by atoms with Gasteiger partial charge in [0.2, 0.25) is 5.91 Å². The Labute approximate surface area is 171 Å². The van der Waals surface area contributed by atoms with E-state index in [-0.39, 0.29) is 17.9 Å². The normalized spacial score (nSPS) is 10.8. The van der Waals surface area contributed by atoms with Crippen LogP contribution in [0.25, 0.3) is 10.8 Å². The van der Waals surface area contributed by atoms with Crippen LogP contribution >= 0.6 is 11.3 Å². The molecule has 0 aliphatic rings. The van der Waals surface area contributed by atoms with Crippen molar-refractivity contribution >= 4 is 17.2 Å². The molecule has 0 aliphatic heterocycles. The van der Waals surface area contributed by atoms with Crippen molar-refractivity contribution in [1.29, 1.82) is 0 Å². The predicted molar refractivity (Wildman–Crippen MR) is 112 cm³/mol. The topological polar surface area (TPSA) is 77.1 Å². The maximum atomic E-state index is 12.2. The van der Waals surface area contributed by atoms with Crippen LogP contribution in [0.4, 0.5) is 0 Å². The molecule has 7 heteroatoms. The second kappa shape index (κ2) is 8.70. The molecule has 6 nitrogen and oxygen atoms in total. The second-order valence-corrected chi connectivity index (χ2v) is 7.42. The van der Waals surface area contributed by atoms with E-state index in [1.165, 1.54) is 11.3 Å². The highest BCUT2D eigenvalue weighted by Gasteiger charge is 2.10. The van der Waals surface area contributed by atoms with Gasteiger partial charge < -0.3 is 14.3 Å². The van der Waals surface area contributed by atoms with E-state index in [0.717, 1.165) is 21.8 Å². The lowest BCUT2D eigenvalue weighted by Crippen LogP contribution is -2.24. The van der Waals surface area contributed by atoms with Gasteiger partial charge in [0.25, 0.3) is 5.56 Å². The fourth-order valence-electron chi connectivity index (χ4n) is 2.88. The van der Waals surface area contributed by atoms with E-state index < -0.39 is 0 Å². The number of rotatable bonds is 7. The Balaban J connectivity index is 1.29. The average Bonchev–Trinajstić information content (AvgIpc) is 3.41. The molecule has 1 aromatic carbocycles. The third kappa shape index (κ3) is 4.89. The van der Waals surface area contributed by atoms with Crippen LogP contribution in [0.2, 0.25) is 0 Å². The first kappa shape index (κ1) is 18.9. The molecule has 0 unspecified atom stereocenters. The predicted octanol–water partition coefficient (Wildman–Crippen LogP) is 3.47. The minimum atomic E-state index is -0.0822. The zero-order valence-electron chi connectivity index (χ0n) is 15.6. The smallest absolute Gasteiger partial charge is 0.250 e. The molecule has 0 radical (unpaired) electrons. The standard InChI is InChI=1S/C22H19N3O3S/c26-20(12-18-15-29-22(24-18)19-4-3-11-28-19)23-13-16-6-8-17(9-7-16)14-25-10-2-1-5-21(25)27/h1-11,15H,12-14H2,(H,23,26). The average molecular weight is 405 g/mol. The van der Waals surface area contributed by atoms with Gasteiger partial charge in [0, 0.05) is 24.2 Å². The summed E-state index contributed by atoms with van der Waals surface area (Å²) in [5.74, 6) is 0.626. The molecular weight excluding hydrogens is 386 g/mol. The van der Waals surface area contributed by atoms with Crippen LogP contribution in [0.3, 0.4) is 0 Å². The number of amides is 1. The number of carbonyl (C=O) groups is 1. The molecule has 0 aliphatic carbocycles. The number of thiazole rings is 1. The highest BCUT2D eigenvalue weighted by Crippen LogP contribution is 2.24. The van der Waals surface area contributed by atoms with Gasteiger partial charge >= 0.3 is 0 Å². The highest BCUT2D eigenvalue weighted by atomic mass is 32.1. The summed E-state index contributed by atoms with van der Waals surface area (Å²) in [6, 6.07) is 16.6. The highest BCUT2D eigenvalue weighted by molar-refractivity contribution is 7.13. The maximum absolute atomic E-state index is 12.2. The molecular formula is C22H19N3O3S. The fourth-order valence-corrected chi connectivity index (χ4v) is 3.67. The summed E-state index contributed by atoms with van der Waals surface area (Å²) in [7, 11) is 0. The molecule has 0 bridgehead atoms. The van der Waals surface area contributed by atoms with Crippen molar-refractivity contribution in [1.82, 2.24) is 14.9 Å². The van der Waals surface area contributed by atoms with Gasteiger partial charge in [0.1, 0.15) is 0 Å². The number of carbonyl (C=O) groups excluding carboxylic acids is 1. The Morgan fingerprint density at radius 2 is 1.90 bits per heavy atom. The van der Waals surface area contributed by atoms with Crippen LogP contribution in [0.5, 0.6) is 0 Å². The van der Waals surface area contributed by atoms with Crippen molar-refractivity contribution in [2.24, 2.45) is 0 Å². The minimum absolute atomic E-state index is 0.0268. The second-order valence-electron chi connectivity index (χ2n) is 6.56. The summed E-state index contributed by atoms with van der Waals surface area (Å²) in [4.78, 5) is 28.5. The first-order valence-electron chi connectivity index (χ1n) is 9.15. The summed E-state index contributed by atoms with van der Waals surface area (Å²) in [5.41, 5.74) is 2.72. The molecule has 29 heavy (non-hydrogen) atoms. The lowest BCUT2D eigenvalue weighted by molar-refractivity contribution is -0.120. The van der Waals surface area contributed by atoms with E-state index in [2.05, 4.69) is 10.3 Å². The zero-order valence-corrected chi connectivity index (χ0v) is 16.4. The molecule has 3 aromatic heterocycles. The molecule has 4 aromatic rings. The number of pyridine rings is 1. The molecule has 4 rings (SSSR count). The number of hydrogen-bond acceptors (Lipinski definition) is 5. The quantitative estimate of drug-likeness (QED) is 0.511. The number of nitrogens with zero attached hydrogens (tertiary/aromatic N) is 2.